The Morgan fingerprint density at radius 3 is 2.85 bits per heavy atom. The summed E-state index contributed by atoms with van der Waals surface area (Å²) >= 11 is 0. The van der Waals surface area contributed by atoms with Crippen LogP contribution in [0.1, 0.15) is 25.7 Å². The van der Waals surface area contributed by atoms with Crippen LogP contribution in [0.3, 0.4) is 0 Å². The molecule has 1 aromatic carbocycles. The fraction of sp³-hybridized carbons (Fsp3) is 0.571. The van der Waals surface area contributed by atoms with Gasteiger partial charge in [-0.2, -0.15) is 0 Å². The molecule has 3 rings (SSSR count). The standard InChI is InChI=1S/C14H18FN3O2/c15-10-7-11(9-12(8-10)18(19)20)17-6-2-4-14(17)13-3-1-5-16-13/h7-9,13-14,16H,1-6H2. The Bertz CT molecular complexity index is 517. The number of nitrogens with zero attached hydrogens (tertiary/aromatic N) is 2. The number of halogens is 1. The molecular formula is C14H18FN3O2. The molecule has 2 heterocycles. The van der Waals surface area contributed by atoms with Gasteiger partial charge in [0.1, 0.15) is 5.82 Å². The minimum absolute atomic E-state index is 0.176. The molecule has 0 radical (unpaired) electrons. The highest BCUT2D eigenvalue weighted by molar-refractivity contribution is 5.55. The second-order valence-electron chi connectivity index (χ2n) is 5.53. The summed E-state index contributed by atoms with van der Waals surface area (Å²) in [4.78, 5) is 12.5. The smallest absolute Gasteiger partial charge is 0.274 e. The van der Waals surface area contributed by atoms with Crippen molar-refractivity contribution in [2.45, 2.75) is 37.8 Å². The van der Waals surface area contributed by atoms with E-state index in [1.54, 1.807) is 0 Å². The van der Waals surface area contributed by atoms with E-state index in [9.17, 15) is 14.5 Å². The van der Waals surface area contributed by atoms with Gasteiger partial charge in [0, 0.05) is 30.4 Å². The van der Waals surface area contributed by atoms with Gasteiger partial charge in [-0.15, -0.1) is 0 Å². The lowest BCUT2D eigenvalue weighted by molar-refractivity contribution is -0.385. The summed E-state index contributed by atoms with van der Waals surface area (Å²) in [5.74, 6) is -0.542. The number of nitro benzene ring substituents is 1. The van der Waals surface area contributed by atoms with E-state index in [4.69, 9.17) is 0 Å². The molecule has 2 aliphatic heterocycles. The highest BCUT2D eigenvalue weighted by atomic mass is 19.1. The number of nitrogens with one attached hydrogen (secondary N) is 1. The van der Waals surface area contributed by atoms with E-state index in [0.717, 1.165) is 44.8 Å². The molecule has 2 atom stereocenters. The predicted octanol–water partition coefficient (Wildman–Crippen LogP) is 2.45. The van der Waals surface area contributed by atoms with Crippen LogP contribution in [-0.2, 0) is 0 Å². The number of nitro groups is 1. The number of hydrogen-bond donors (Lipinski definition) is 1. The molecule has 0 aromatic heterocycles. The van der Waals surface area contributed by atoms with E-state index < -0.39 is 10.7 Å². The topological polar surface area (TPSA) is 58.4 Å². The van der Waals surface area contributed by atoms with Crippen LogP contribution in [-0.4, -0.2) is 30.1 Å². The molecule has 0 saturated carbocycles. The Kier molecular flexibility index (Phi) is 3.56. The van der Waals surface area contributed by atoms with Crippen LogP contribution in [0.25, 0.3) is 0 Å². The molecule has 0 spiro atoms. The second kappa shape index (κ2) is 5.36. The summed E-state index contributed by atoms with van der Waals surface area (Å²) in [7, 11) is 0. The molecule has 6 heteroatoms. The largest absolute Gasteiger partial charge is 0.367 e. The average molecular weight is 279 g/mol. The third-order valence-electron chi connectivity index (χ3n) is 4.27. The maximum absolute atomic E-state index is 13.6. The van der Waals surface area contributed by atoms with Crippen molar-refractivity contribution in [3.63, 3.8) is 0 Å². The van der Waals surface area contributed by atoms with Crippen LogP contribution in [0.5, 0.6) is 0 Å². The molecule has 0 amide bonds. The zero-order valence-electron chi connectivity index (χ0n) is 11.2. The van der Waals surface area contributed by atoms with E-state index in [1.807, 2.05) is 0 Å². The summed E-state index contributed by atoms with van der Waals surface area (Å²) < 4.78 is 13.6. The Morgan fingerprint density at radius 2 is 2.15 bits per heavy atom. The Labute approximate surface area is 116 Å². The van der Waals surface area contributed by atoms with Crippen molar-refractivity contribution in [3.05, 3.63) is 34.1 Å². The van der Waals surface area contributed by atoms with Crippen molar-refractivity contribution in [3.8, 4) is 0 Å². The fourth-order valence-corrected chi connectivity index (χ4v) is 3.40. The number of rotatable bonds is 3. The van der Waals surface area contributed by atoms with Gasteiger partial charge >= 0.3 is 0 Å². The minimum Gasteiger partial charge on any atom is -0.367 e. The van der Waals surface area contributed by atoms with Crippen LogP contribution in [0, 0.1) is 15.9 Å². The number of anilines is 1. The van der Waals surface area contributed by atoms with Gasteiger partial charge in [0.2, 0.25) is 0 Å². The molecule has 2 saturated heterocycles. The Hall–Kier alpha value is -1.69. The van der Waals surface area contributed by atoms with Crippen LogP contribution >= 0.6 is 0 Å². The SMILES string of the molecule is O=[N+]([O-])c1cc(F)cc(N2CCCC2C2CCCN2)c1. The molecule has 20 heavy (non-hydrogen) atoms. The molecular weight excluding hydrogens is 261 g/mol. The number of non-ortho nitro benzene ring substituents is 1. The first-order valence-corrected chi connectivity index (χ1v) is 7.10. The summed E-state index contributed by atoms with van der Waals surface area (Å²) in [5, 5.41) is 14.3. The monoisotopic (exact) mass is 279 g/mol. The van der Waals surface area contributed by atoms with Gasteiger partial charge in [-0.05, 0) is 38.3 Å². The molecule has 1 aromatic rings. The highest BCUT2D eigenvalue weighted by Gasteiger charge is 2.34. The molecule has 0 bridgehead atoms. The van der Waals surface area contributed by atoms with Gasteiger partial charge in [-0.25, -0.2) is 4.39 Å². The lowest BCUT2D eigenvalue weighted by atomic mass is 10.0. The van der Waals surface area contributed by atoms with Gasteiger partial charge in [-0.3, -0.25) is 10.1 Å². The first kappa shape index (κ1) is 13.3. The van der Waals surface area contributed by atoms with E-state index in [1.165, 1.54) is 12.1 Å². The number of benzene rings is 1. The van der Waals surface area contributed by atoms with Gasteiger partial charge < -0.3 is 10.2 Å². The molecule has 1 N–H and O–H groups in total. The second-order valence-corrected chi connectivity index (χ2v) is 5.53. The van der Waals surface area contributed by atoms with Crippen LogP contribution in [0.15, 0.2) is 18.2 Å². The maximum Gasteiger partial charge on any atom is 0.274 e. The third-order valence-corrected chi connectivity index (χ3v) is 4.27. The summed E-state index contributed by atoms with van der Waals surface area (Å²) in [6.07, 6.45) is 4.39. The van der Waals surface area contributed by atoms with Gasteiger partial charge in [0.15, 0.2) is 0 Å². The van der Waals surface area contributed by atoms with Crippen molar-refractivity contribution in [1.82, 2.24) is 5.32 Å². The molecule has 2 unspecified atom stereocenters. The van der Waals surface area contributed by atoms with E-state index >= 15 is 0 Å². The molecule has 108 valence electrons. The molecule has 2 aliphatic rings. The number of hydrogen-bond acceptors (Lipinski definition) is 4. The van der Waals surface area contributed by atoms with Crippen molar-refractivity contribution in [2.24, 2.45) is 0 Å². The zero-order valence-corrected chi connectivity index (χ0v) is 11.2. The summed E-state index contributed by atoms with van der Waals surface area (Å²) in [6.45, 7) is 1.86. The molecule has 5 nitrogen and oxygen atoms in total. The summed E-state index contributed by atoms with van der Waals surface area (Å²) in [5.41, 5.74) is 0.456. The van der Waals surface area contributed by atoms with Crippen LogP contribution in [0.2, 0.25) is 0 Å². The lowest BCUT2D eigenvalue weighted by Crippen LogP contribution is -2.44. The fourth-order valence-electron chi connectivity index (χ4n) is 3.40. The van der Waals surface area contributed by atoms with Crippen molar-refractivity contribution in [2.75, 3.05) is 18.0 Å². The molecule has 2 fully saturated rings. The van der Waals surface area contributed by atoms with Crippen molar-refractivity contribution < 1.29 is 9.31 Å². The highest BCUT2D eigenvalue weighted by Crippen LogP contribution is 2.32. The van der Waals surface area contributed by atoms with Gasteiger partial charge in [-0.1, -0.05) is 0 Å². The van der Waals surface area contributed by atoms with E-state index in [0.29, 0.717) is 17.8 Å². The average Bonchev–Trinajstić information content (AvgIpc) is 3.08. The third kappa shape index (κ3) is 2.47. The van der Waals surface area contributed by atoms with E-state index in [2.05, 4.69) is 10.2 Å². The van der Waals surface area contributed by atoms with Crippen molar-refractivity contribution in [1.29, 1.82) is 0 Å². The Morgan fingerprint density at radius 1 is 1.30 bits per heavy atom. The van der Waals surface area contributed by atoms with Crippen molar-refractivity contribution >= 4 is 11.4 Å². The minimum atomic E-state index is -0.542. The Balaban J connectivity index is 1.88. The van der Waals surface area contributed by atoms with Crippen LogP contribution < -0.4 is 10.2 Å². The first-order valence-electron chi connectivity index (χ1n) is 7.10. The van der Waals surface area contributed by atoms with Gasteiger partial charge in [0.05, 0.1) is 11.0 Å². The maximum atomic E-state index is 13.6. The predicted molar refractivity (Wildman–Crippen MR) is 74.4 cm³/mol. The quantitative estimate of drug-likeness (QED) is 0.682. The zero-order chi connectivity index (χ0) is 14.1. The summed E-state index contributed by atoms with van der Waals surface area (Å²) in [6, 6.07) is 4.60. The van der Waals surface area contributed by atoms with Crippen LogP contribution in [0.4, 0.5) is 15.8 Å². The molecule has 0 aliphatic carbocycles. The van der Waals surface area contributed by atoms with Gasteiger partial charge in [0.25, 0.3) is 5.69 Å². The lowest BCUT2D eigenvalue weighted by Gasteiger charge is -2.31. The first-order chi connectivity index (χ1) is 9.65. The van der Waals surface area contributed by atoms with E-state index in [-0.39, 0.29) is 5.69 Å². The normalized spacial score (nSPS) is 26.1.